The minimum Gasteiger partial charge on any atom is -0.378 e. The van der Waals surface area contributed by atoms with Gasteiger partial charge in [0.1, 0.15) is 17.5 Å². The topological polar surface area (TPSA) is 55.1 Å². The monoisotopic (exact) mass is 280 g/mol. The summed E-state index contributed by atoms with van der Waals surface area (Å²) in [6.07, 6.45) is 0. The van der Waals surface area contributed by atoms with E-state index in [0.717, 1.165) is 24.3 Å². The Kier molecular flexibility index (Phi) is 3.93. The fourth-order valence-electron chi connectivity index (χ4n) is 1.69. The van der Waals surface area contributed by atoms with Crippen molar-refractivity contribution >= 4 is 11.6 Å². The van der Waals surface area contributed by atoms with E-state index in [0.29, 0.717) is 0 Å². The van der Waals surface area contributed by atoms with Crippen molar-refractivity contribution in [3.05, 3.63) is 65.0 Å². The van der Waals surface area contributed by atoms with E-state index < -0.39 is 23.4 Å². The summed E-state index contributed by atoms with van der Waals surface area (Å²) in [7, 11) is 0. The van der Waals surface area contributed by atoms with Crippen molar-refractivity contribution in [1.82, 2.24) is 0 Å². The van der Waals surface area contributed by atoms with Gasteiger partial charge in [0, 0.05) is 17.7 Å². The lowest BCUT2D eigenvalue weighted by Crippen LogP contribution is -2.12. The second-order valence-corrected chi connectivity index (χ2v) is 4.15. The molecule has 2 rings (SSSR count). The number of amides is 1. The van der Waals surface area contributed by atoms with Crippen LogP contribution in [-0.2, 0) is 6.54 Å². The molecule has 3 N–H and O–H groups in total. The largest absolute Gasteiger partial charge is 0.378 e. The molecule has 0 radical (unpaired) electrons. The number of carbonyl (C=O) groups excluding carboxylic acids is 1. The van der Waals surface area contributed by atoms with Gasteiger partial charge in [-0.1, -0.05) is 0 Å². The van der Waals surface area contributed by atoms with Crippen molar-refractivity contribution in [2.24, 2.45) is 5.73 Å². The minimum absolute atomic E-state index is 0.0890. The Morgan fingerprint density at radius 3 is 2.45 bits per heavy atom. The standard InChI is InChI=1S/C14H11F3N2O/c15-10-2-4-12(17)13(6-10)19-7-9-5-8(14(18)20)1-3-11(9)16/h1-6,19H,7H2,(H2,18,20). The van der Waals surface area contributed by atoms with E-state index in [-0.39, 0.29) is 23.4 Å². The average Bonchev–Trinajstić information content (AvgIpc) is 2.41. The molecule has 0 aliphatic carbocycles. The molecule has 0 heterocycles. The smallest absolute Gasteiger partial charge is 0.248 e. The van der Waals surface area contributed by atoms with Crippen LogP contribution < -0.4 is 11.1 Å². The summed E-state index contributed by atoms with van der Waals surface area (Å²) in [5.41, 5.74) is 5.27. The zero-order valence-electron chi connectivity index (χ0n) is 10.3. The molecule has 1 amide bonds. The summed E-state index contributed by atoms with van der Waals surface area (Å²) in [6.45, 7) is -0.104. The number of nitrogens with two attached hydrogens (primary N) is 1. The molecule has 0 aliphatic rings. The molecule has 0 bridgehead atoms. The van der Waals surface area contributed by atoms with E-state index in [2.05, 4.69) is 5.32 Å². The molecule has 0 saturated carbocycles. The van der Waals surface area contributed by atoms with Gasteiger partial charge in [0.15, 0.2) is 0 Å². The Hall–Kier alpha value is -2.50. The third-order valence-corrected chi connectivity index (χ3v) is 2.73. The zero-order valence-corrected chi connectivity index (χ0v) is 10.3. The average molecular weight is 280 g/mol. The van der Waals surface area contributed by atoms with Crippen LogP contribution in [0.15, 0.2) is 36.4 Å². The van der Waals surface area contributed by atoms with Gasteiger partial charge in [-0.05, 0) is 36.4 Å². The van der Waals surface area contributed by atoms with Gasteiger partial charge in [-0.25, -0.2) is 13.2 Å². The van der Waals surface area contributed by atoms with E-state index in [1.807, 2.05) is 0 Å². The van der Waals surface area contributed by atoms with Gasteiger partial charge in [0.2, 0.25) is 5.91 Å². The Morgan fingerprint density at radius 1 is 1.05 bits per heavy atom. The molecule has 104 valence electrons. The predicted octanol–water partition coefficient (Wildman–Crippen LogP) is 2.81. The highest BCUT2D eigenvalue weighted by molar-refractivity contribution is 5.92. The summed E-state index contributed by atoms with van der Waals surface area (Å²) < 4.78 is 39.9. The first-order chi connectivity index (χ1) is 9.47. The van der Waals surface area contributed by atoms with Crippen LogP contribution in [-0.4, -0.2) is 5.91 Å². The molecule has 0 unspecified atom stereocenters. The van der Waals surface area contributed by atoms with Crippen molar-refractivity contribution in [2.45, 2.75) is 6.54 Å². The highest BCUT2D eigenvalue weighted by Crippen LogP contribution is 2.18. The third-order valence-electron chi connectivity index (χ3n) is 2.73. The van der Waals surface area contributed by atoms with Crippen LogP contribution >= 0.6 is 0 Å². The van der Waals surface area contributed by atoms with Crippen LogP contribution in [0.3, 0.4) is 0 Å². The predicted molar refractivity (Wildman–Crippen MR) is 68.6 cm³/mol. The number of anilines is 1. The molecule has 6 heteroatoms. The maximum Gasteiger partial charge on any atom is 0.248 e. The van der Waals surface area contributed by atoms with Crippen molar-refractivity contribution in [3.8, 4) is 0 Å². The maximum atomic E-state index is 13.6. The highest BCUT2D eigenvalue weighted by atomic mass is 19.1. The van der Waals surface area contributed by atoms with Gasteiger partial charge >= 0.3 is 0 Å². The van der Waals surface area contributed by atoms with Crippen LogP contribution in [0.1, 0.15) is 15.9 Å². The molecule has 0 spiro atoms. The van der Waals surface area contributed by atoms with E-state index >= 15 is 0 Å². The summed E-state index contributed by atoms with van der Waals surface area (Å²) >= 11 is 0. The van der Waals surface area contributed by atoms with Gasteiger partial charge in [0.05, 0.1) is 5.69 Å². The lowest BCUT2D eigenvalue weighted by molar-refractivity contribution is 0.1000. The quantitative estimate of drug-likeness (QED) is 0.904. The van der Waals surface area contributed by atoms with Crippen LogP contribution in [0, 0.1) is 17.5 Å². The molecule has 20 heavy (non-hydrogen) atoms. The molecule has 0 fully saturated rings. The molecule has 0 aliphatic heterocycles. The lowest BCUT2D eigenvalue weighted by atomic mass is 10.1. The van der Waals surface area contributed by atoms with E-state index in [4.69, 9.17) is 5.73 Å². The second-order valence-electron chi connectivity index (χ2n) is 4.15. The number of halogens is 3. The normalized spacial score (nSPS) is 10.3. The Labute approximate surface area is 113 Å². The van der Waals surface area contributed by atoms with E-state index in [1.54, 1.807) is 0 Å². The van der Waals surface area contributed by atoms with Crippen molar-refractivity contribution < 1.29 is 18.0 Å². The van der Waals surface area contributed by atoms with Crippen LogP contribution in [0.5, 0.6) is 0 Å². The Morgan fingerprint density at radius 2 is 1.75 bits per heavy atom. The number of benzene rings is 2. The van der Waals surface area contributed by atoms with Gasteiger partial charge in [-0.15, -0.1) is 0 Å². The maximum absolute atomic E-state index is 13.6. The fourth-order valence-corrected chi connectivity index (χ4v) is 1.69. The van der Waals surface area contributed by atoms with Gasteiger partial charge in [-0.3, -0.25) is 4.79 Å². The number of hydrogen-bond donors (Lipinski definition) is 2. The van der Waals surface area contributed by atoms with Crippen molar-refractivity contribution in [1.29, 1.82) is 0 Å². The van der Waals surface area contributed by atoms with Crippen LogP contribution in [0.2, 0.25) is 0 Å². The molecule has 2 aromatic rings. The van der Waals surface area contributed by atoms with E-state index in [9.17, 15) is 18.0 Å². The third kappa shape index (κ3) is 3.09. The molecular weight excluding hydrogens is 269 g/mol. The Balaban J connectivity index is 2.20. The first kappa shape index (κ1) is 13.9. The number of carbonyl (C=O) groups is 1. The summed E-state index contributed by atoms with van der Waals surface area (Å²) in [6, 6.07) is 6.53. The van der Waals surface area contributed by atoms with Crippen LogP contribution in [0.4, 0.5) is 18.9 Å². The second kappa shape index (κ2) is 5.64. The number of nitrogens with one attached hydrogen (secondary N) is 1. The molecule has 2 aromatic carbocycles. The highest BCUT2D eigenvalue weighted by Gasteiger charge is 2.09. The summed E-state index contributed by atoms with van der Waals surface area (Å²) in [5, 5.41) is 2.57. The number of rotatable bonds is 4. The molecule has 0 atom stereocenters. The molecule has 3 nitrogen and oxygen atoms in total. The molecule has 0 aromatic heterocycles. The van der Waals surface area contributed by atoms with Crippen molar-refractivity contribution in [2.75, 3.05) is 5.32 Å². The lowest BCUT2D eigenvalue weighted by Gasteiger charge is -2.09. The zero-order chi connectivity index (χ0) is 14.7. The van der Waals surface area contributed by atoms with Crippen LogP contribution in [0.25, 0.3) is 0 Å². The number of primary amides is 1. The molecular formula is C14H11F3N2O. The fraction of sp³-hybridized carbons (Fsp3) is 0.0714. The Bertz CT molecular complexity index is 659. The number of hydrogen-bond acceptors (Lipinski definition) is 2. The minimum atomic E-state index is -0.691. The van der Waals surface area contributed by atoms with Gasteiger partial charge in [-0.2, -0.15) is 0 Å². The van der Waals surface area contributed by atoms with Crippen molar-refractivity contribution in [3.63, 3.8) is 0 Å². The van der Waals surface area contributed by atoms with E-state index in [1.165, 1.54) is 12.1 Å². The summed E-state index contributed by atoms with van der Waals surface area (Å²) in [4.78, 5) is 11.0. The first-order valence-electron chi connectivity index (χ1n) is 5.74. The van der Waals surface area contributed by atoms with Gasteiger partial charge in [0.25, 0.3) is 0 Å². The first-order valence-corrected chi connectivity index (χ1v) is 5.74. The molecule has 0 saturated heterocycles. The van der Waals surface area contributed by atoms with Gasteiger partial charge < -0.3 is 11.1 Å². The summed E-state index contributed by atoms with van der Waals surface area (Å²) in [5.74, 6) is -2.53. The SMILES string of the molecule is NC(=O)c1ccc(F)c(CNc2cc(F)ccc2F)c1.